The second kappa shape index (κ2) is 8.39. The number of thiophene rings is 1. The predicted octanol–water partition coefficient (Wildman–Crippen LogP) is 5.62. The number of aliphatic imine (C=N–C) groups is 1. The molecule has 0 bridgehead atoms. The van der Waals surface area contributed by atoms with Crippen molar-refractivity contribution >= 4 is 22.7 Å². The Balaban J connectivity index is 1.86. The minimum Gasteiger partial charge on any atom is -0.398 e. The van der Waals surface area contributed by atoms with Gasteiger partial charge >= 0.3 is 6.18 Å². The summed E-state index contributed by atoms with van der Waals surface area (Å²) in [5.74, 6) is 0. The van der Waals surface area contributed by atoms with Crippen molar-refractivity contribution < 1.29 is 13.2 Å². The lowest BCUT2D eigenvalue weighted by atomic mass is 10.1. The summed E-state index contributed by atoms with van der Waals surface area (Å²) in [4.78, 5) is 9.17. The van der Waals surface area contributed by atoms with Gasteiger partial charge in [0.05, 0.1) is 22.8 Å². The monoisotopic (exact) mass is 401 g/mol. The van der Waals surface area contributed by atoms with Crippen molar-refractivity contribution in [3.63, 3.8) is 0 Å². The summed E-state index contributed by atoms with van der Waals surface area (Å²) in [5.41, 5.74) is 7.52. The number of aromatic nitrogens is 1. The van der Waals surface area contributed by atoms with E-state index in [9.17, 15) is 13.2 Å². The Hall–Kier alpha value is -2.93. The van der Waals surface area contributed by atoms with Gasteiger partial charge < -0.3 is 5.73 Å². The fourth-order valence-corrected chi connectivity index (χ4v) is 3.47. The molecule has 0 unspecified atom stereocenters. The van der Waals surface area contributed by atoms with Gasteiger partial charge in [-0.05, 0) is 42.8 Å². The second-order valence-electron chi connectivity index (χ2n) is 6.15. The number of nitrogens with two attached hydrogens (primary N) is 1. The Morgan fingerprint density at radius 3 is 2.64 bits per heavy atom. The molecule has 2 aromatic heterocycles. The van der Waals surface area contributed by atoms with Gasteiger partial charge in [-0.1, -0.05) is 35.9 Å². The molecule has 0 spiro atoms. The quantitative estimate of drug-likeness (QED) is 0.564. The molecule has 0 saturated carbocycles. The van der Waals surface area contributed by atoms with Gasteiger partial charge in [0.1, 0.15) is 5.71 Å². The van der Waals surface area contributed by atoms with Crippen LogP contribution in [0.25, 0.3) is 16.1 Å². The van der Waals surface area contributed by atoms with Gasteiger partial charge in [0.15, 0.2) is 0 Å². The summed E-state index contributed by atoms with van der Waals surface area (Å²) in [6.45, 7) is 1.82. The molecular formula is C21H18F3N3S. The highest BCUT2D eigenvalue weighted by Gasteiger charge is 2.34. The number of halogens is 3. The van der Waals surface area contributed by atoms with E-state index in [0.29, 0.717) is 10.6 Å². The van der Waals surface area contributed by atoms with Crippen molar-refractivity contribution in [1.29, 1.82) is 0 Å². The first-order valence-electron chi connectivity index (χ1n) is 8.49. The number of allylic oxidation sites excluding steroid dienone is 1. The number of hydrogen-bond donors (Lipinski definition) is 1. The molecule has 7 heteroatoms. The molecule has 28 heavy (non-hydrogen) atoms. The van der Waals surface area contributed by atoms with Crippen LogP contribution in [0.15, 0.2) is 71.9 Å². The maximum atomic E-state index is 13.4. The van der Waals surface area contributed by atoms with Crippen LogP contribution in [-0.4, -0.2) is 16.9 Å². The third-order valence-electron chi connectivity index (χ3n) is 3.91. The van der Waals surface area contributed by atoms with Crippen LogP contribution in [0.2, 0.25) is 0 Å². The first-order valence-corrected chi connectivity index (χ1v) is 9.30. The van der Waals surface area contributed by atoms with Crippen LogP contribution in [-0.2, 0) is 6.54 Å². The Morgan fingerprint density at radius 1 is 1.14 bits per heavy atom. The SMILES string of the molecule is Cc1cccc(-c2ccc(C(N)=CC(=NCc3ccccn3)C(F)(F)F)s2)c1. The molecule has 0 aliphatic heterocycles. The van der Waals surface area contributed by atoms with Crippen molar-refractivity contribution in [2.24, 2.45) is 10.7 Å². The summed E-state index contributed by atoms with van der Waals surface area (Å²) in [5, 5.41) is 0. The smallest absolute Gasteiger partial charge is 0.398 e. The molecule has 0 aliphatic rings. The molecule has 0 radical (unpaired) electrons. The van der Waals surface area contributed by atoms with E-state index in [1.54, 1.807) is 24.3 Å². The number of nitrogens with zero attached hydrogens (tertiary/aromatic N) is 2. The number of rotatable bonds is 5. The Kier molecular flexibility index (Phi) is 5.94. The van der Waals surface area contributed by atoms with E-state index >= 15 is 0 Å². The molecule has 0 amide bonds. The summed E-state index contributed by atoms with van der Waals surface area (Å²) in [6, 6.07) is 16.5. The molecule has 3 rings (SSSR count). The largest absolute Gasteiger partial charge is 0.432 e. The summed E-state index contributed by atoms with van der Waals surface area (Å²) >= 11 is 1.34. The molecule has 2 N–H and O–H groups in total. The molecule has 1 aromatic carbocycles. The average Bonchev–Trinajstić information content (AvgIpc) is 3.15. The summed E-state index contributed by atoms with van der Waals surface area (Å²) in [6.07, 6.45) is -2.20. The van der Waals surface area contributed by atoms with E-state index in [4.69, 9.17) is 5.73 Å². The standard InChI is InChI=1S/C21H18F3N3S/c1-14-5-4-6-15(11-14)18-8-9-19(28-18)17(25)12-20(21(22,23)24)27-13-16-7-2-3-10-26-16/h2-12H,13,25H2,1H3. The molecule has 0 atom stereocenters. The van der Waals surface area contributed by atoms with Crippen LogP contribution >= 0.6 is 11.3 Å². The highest BCUT2D eigenvalue weighted by molar-refractivity contribution is 7.16. The first-order chi connectivity index (χ1) is 13.3. The van der Waals surface area contributed by atoms with Gasteiger partial charge in [-0.15, -0.1) is 11.3 Å². The molecule has 0 aliphatic carbocycles. The normalized spacial score (nSPS) is 13.0. The minimum atomic E-state index is -4.60. The van der Waals surface area contributed by atoms with Gasteiger partial charge in [0.2, 0.25) is 0 Å². The van der Waals surface area contributed by atoms with Crippen LogP contribution < -0.4 is 5.73 Å². The summed E-state index contributed by atoms with van der Waals surface area (Å²) < 4.78 is 40.1. The highest BCUT2D eigenvalue weighted by Crippen LogP contribution is 2.31. The van der Waals surface area contributed by atoms with Crippen molar-refractivity contribution in [2.45, 2.75) is 19.6 Å². The zero-order chi connectivity index (χ0) is 20.1. The fraction of sp³-hybridized carbons (Fsp3) is 0.143. The zero-order valence-electron chi connectivity index (χ0n) is 15.1. The molecule has 2 heterocycles. The molecule has 144 valence electrons. The predicted molar refractivity (Wildman–Crippen MR) is 108 cm³/mol. The molecule has 0 saturated heterocycles. The maximum absolute atomic E-state index is 13.4. The van der Waals surface area contributed by atoms with E-state index < -0.39 is 11.9 Å². The maximum Gasteiger partial charge on any atom is 0.432 e. The highest BCUT2D eigenvalue weighted by atomic mass is 32.1. The van der Waals surface area contributed by atoms with E-state index in [1.807, 2.05) is 37.3 Å². The average molecular weight is 401 g/mol. The number of hydrogen-bond acceptors (Lipinski definition) is 4. The Bertz CT molecular complexity index is 1000. The lowest BCUT2D eigenvalue weighted by Crippen LogP contribution is -2.22. The molecular weight excluding hydrogens is 383 g/mol. The second-order valence-corrected chi connectivity index (χ2v) is 7.24. The van der Waals surface area contributed by atoms with Gasteiger partial charge in [0, 0.05) is 11.1 Å². The lowest BCUT2D eigenvalue weighted by Gasteiger charge is -2.08. The van der Waals surface area contributed by atoms with Crippen molar-refractivity contribution in [3.8, 4) is 10.4 Å². The third kappa shape index (κ3) is 5.07. The zero-order valence-corrected chi connectivity index (χ0v) is 15.9. The first kappa shape index (κ1) is 19.8. The van der Waals surface area contributed by atoms with E-state index in [0.717, 1.165) is 22.1 Å². The van der Waals surface area contributed by atoms with Crippen LogP contribution in [0.4, 0.5) is 13.2 Å². The van der Waals surface area contributed by atoms with Gasteiger partial charge in [-0.3, -0.25) is 9.98 Å². The van der Waals surface area contributed by atoms with Crippen LogP contribution in [0.3, 0.4) is 0 Å². The van der Waals surface area contributed by atoms with Crippen molar-refractivity contribution in [1.82, 2.24) is 4.98 Å². The lowest BCUT2D eigenvalue weighted by molar-refractivity contribution is -0.0579. The van der Waals surface area contributed by atoms with E-state index in [1.165, 1.54) is 17.5 Å². The summed E-state index contributed by atoms with van der Waals surface area (Å²) in [7, 11) is 0. The number of pyridine rings is 1. The van der Waals surface area contributed by atoms with Crippen molar-refractivity contribution in [2.75, 3.05) is 0 Å². The Labute approximate surface area is 165 Å². The number of benzene rings is 1. The van der Waals surface area contributed by atoms with Gasteiger partial charge in [0.25, 0.3) is 0 Å². The topological polar surface area (TPSA) is 51.3 Å². The fourth-order valence-electron chi connectivity index (χ4n) is 2.54. The molecule has 3 aromatic rings. The van der Waals surface area contributed by atoms with Crippen LogP contribution in [0.1, 0.15) is 16.1 Å². The van der Waals surface area contributed by atoms with E-state index in [2.05, 4.69) is 9.98 Å². The van der Waals surface area contributed by atoms with Crippen LogP contribution in [0, 0.1) is 6.92 Å². The van der Waals surface area contributed by atoms with Gasteiger partial charge in [-0.25, -0.2) is 0 Å². The minimum absolute atomic E-state index is 0.0287. The van der Waals surface area contributed by atoms with Crippen molar-refractivity contribution in [3.05, 3.63) is 83.0 Å². The molecule has 0 fully saturated rings. The van der Waals surface area contributed by atoms with E-state index in [-0.39, 0.29) is 12.2 Å². The molecule has 3 nitrogen and oxygen atoms in total. The number of aryl methyl sites for hydroxylation is 1. The number of alkyl halides is 3. The van der Waals surface area contributed by atoms with Crippen LogP contribution in [0.5, 0.6) is 0 Å². The Morgan fingerprint density at radius 2 is 1.96 bits per heavy atom. The third-order valence-corrected chi connectivity index (χ3v) is 5.10. The van der Waals surface area contributed by atoms with Gasteiger partial charge in [-0.2, -0.15) is 13.2 Å².